The number of rotatable bonds is 7. The van der Waals surface area contributed by atoms with Crippen molar-refractivity contribution in [2.75, 3.05) is 14.1 Å². The monoisotopic (exact) mass is 213 g/mol. The third kappa shape index (κ3) is 4.31. The van der Waals surface area contributed by atoms with E-state index in [9.17, 15) is 0 Å². The Hall–Kier alpha value is -0.243. The van der Waals surface area contributed by atoms with Gasteiger partial charge in [0.15, 0.2) is 0 Å². The summed E-state index contributed by atoms with van der Waals surface area (Å²) in [6, 6.07) is 1.43. The van der Waals surface area contributed by atoms with Crippen LogP contribution in [0.1, 0.15) is 40.0 Å². The molecule has 14 heavy (non-hydrogen) atoms. The van der Waals surface area contributed by atoms with E-state index in [2.05, 4.69) is 46.3 Å². The van der Waals surface area contributed by atoms with E-state index in [1.54, 1.807) is 0 Å². The van der Waals surface area contributed by atoms with E-state index in [1.165, 1.54) is 30.6 Å². The van der Waals surface area contributed by atoms with E-state index in [1.807, 2.05) is 0 Å². The highest BCUT2D eigenvalue weighted by molar-refractivity contribution is 6.67. The molecule has 0 N–H and O–H groups in total. The summed E-state index contributed by atoms with van der Waals surface area (Å²) in [5.41, 5.74) is 0.899. The van der Waals surface area contributed by atoms with Crippen molar-refractivity contribution in [2.24, 2.45) is 0 Å². The predicted octanol–water partition coefficient (Wildman–Crippen LogP) is 3.43. The smallest absolute Gasteiger partial charge is 0.0932 e. The summed E-state index contributed by atoms with van der Waals surface area (Å²) >= 11 is 0. The zero-order chi connectivity index (χ0) is 11.1. The first-order chi connectivity index (χ1) is 6.54. The van der Waals surface area contributed by atoms with Crippen LogP contribution < -0.4 is 0 Å². The van der Waals surface area contributed by atoms with Crippen LogP contribution in [0.4, 0.5) is 0 Å². The molecule has 2 heteroatoms. The van der Waals surface area contributed by atoms with Crippen LogP contribution >= 0.6 is 0 Å². The van der Waals surface area contributed by atoms with Gasteiger partial charge >= 0.3 is 0 Å². The fourth-order valence-corrected chi connectivity index (χ4v) is 5.46. The summed E-state index contributed by atoms with van der Waals surface area (Å²) in [5.74, 6) is 0. The molecule has 0 aromatic rings. The Morgan fingerprint density at radius 3 is 2.29 bits per heavy atom. The molecule has 0 aromatic carbocycles. The van der Waals surface area contributed by atoms with Crippen molar-refractivity contribution in [3.8, 4) is 0 Å². The normalized spacial score (nSPS) is 14.9. The molecule has 0 saturated heterocycles. The average molecular weight is 213 g/mol. The molecule has 1 nitrogen and oxygen atoms in total. The van der Waals surface area contributed by atoms with Crippen molar-refractivity contribution in [1.82, 2.24) is 4.90 Å². The second-order valence-electron chi connectivity index (χ2n) is 4.52. The quantitative estimate of drug-likeness (QED) is 0.586. The van der Waals surface area contributed by atoms with Crippen LogP contribution in [-0.2, 0) is 0 Å². The molecule has 0 bridgehead atoms. The minimum Gasteiger partial charge on any atom is -0.385 e. The van der Waals surface area contributed by atoms with Crippen LogP contribution in [0.2, 0.25) is 11.6 Å². The highest BCUT2D eigenvalue weighted by Gasteiger charge is 2.21. The minimum absolute atomic E-state index is 0.766. The van der Waals surface area contributed by atoms with Gasteiger partial charge in [-0.3, -0.25) is 0 Å². The third-order valence-electron chi connectivity index (χ3n) is 3.20. The first kappa shape index (κ1) is 13.8. The van der Waals surface area contributed by atoms with E-state index in [-0.39, 0.29) is 0 Å². The third-order valence-corrected chi connectivity index (χ3v) is 7.45. The van der Waals surface area contributed by atoms with Crippen molar-refractivity contribution in [2.45, 2.75) is 51.6 Å². The zero-order valence-electron chi connectivity index (χ0n) is 10.6. The first-order valence-corrected chi connectivity index (χ1v) is 7.96. The minimum atomic E-state index is -0.766. The van der Waals surface area contributed by atoms with E-state index in [0.29, 0.717) is 0 Å². The van der Waals surface area contributed by atoms with Crippen molar-refractivity contribution in [1.29, 1.82) is 0 Å². The van der Waals surface area contributed by atoms with Crippen LogP contribution in [0.3, 0.4) is 0 Å². The van der Waals surface area contributed by atoms with Gasteiger partial charge in [-0.05, 0) is 10.9 Å². The van der Waals surface area contributed by atoms with Gasteiger partial charge in [0.1, 0.15) is 0 Å². The molecule has 0 amide bonds. The van der Waals surface area contributed by atoms with Gasteiger partial charge in [0.05, 0.1) is 8.80 Å². The van der Waals surface area contributed by atoms with Gasteiger partial charge in [-0.15, -0.1) is 0 Å². The van der Waals surface area contributed by atoms with Gasteiger partial charge in [-0.1, -0.05) is 52.7 Å². The van der Waals surface area contributed by atoms with Crippen molar-refractivity contribution in [3.05, 3.63) is 11.9 Å². The lowest BCUT2D eigenvalue weighted by Crippen LogP contribution is -2.29. The van der Waals surface area contributed by atoms with Gasteiger partial charge in [0.25, 0.3) is 0 Å². The summed E-state index contributed by atoms with van der Waals surface area (Å²) in [4.78, 5) is 2.23. The highest BCUT2D eigenvalue weighted by atomic mass is 28.3. The maximum atomic E-state index is 4.26. The highest BCUT2D eigenvalue weighted by Crippen LogP contribution is 2.24. The molecule has 0 aliphatic carbocycles. The molecule has 0 heterocycles. The summed E-state index contributed by atoms with van der Waals surface area (Å²) in [5, 5.41) is 1.44. The standard InChI is InChI=1S/C12H27NSi/c1-7-9-10-14(11(3)8-2)12(4)13(5)6/h11,14H,4,7-10H2,1-3,5-6H3. The predicted molar refractivity (Wildman–Crippen MR) is 69.4 cm³/mol. The largest absolute Gasteiger partial charge is 0.385 e. The molecular formula is C12H27NSi. The van der Waals surface area contributed by atoms with Gasteiger partial charge in [0.2, 0.25) is 0 Å². The summed E-state index contributed by atoms with van der Waals surface area (Å²) in [6.45, 7) is 11.3. The van der Waals surface area contributed by atoms with Crippen LogP contribution in [0, 0.1) is 0 Å². The summed E-state index contributed by atoms with van der Waals surface area (Å²) in [7, 11) is 3.51. The SMILES string of the molecule is C=C(N(C)C)[SiH](CCCC)C(C)CC. The lowest BCUT2D eigenvalue weighted by Gasteiger charge is -2.28. The van der Waals surface area contributed by atoms with E-state index in [0.717, 1.165) is 5.54 Å². The lowest BCUT2D eigenvalue weighted by atomic mass is 10.4. The number of hydrogen-bond acceptors (Lipinski definition) is 1. The fourth-order valence-electron chi connectivity index (χ4n) is 1.82. The average Bonchev–Trinajstić information content (AvgIpc) is 2.17. The van der Waals surface area contributed by atoms with Crippen molar-refractivity contribution in [3.63, 3.8) is 0 Å². The van der Waals surface area contributed by atoms with Crippen LogP contribution in [-0.4, -0.2) is 27.8 Å². The Kier molecular flexibility index (Phi) is 6.98. The molecule has 0 aliphatic rings. The molecule has 0 rings (SSSR count). The van der Waals surface area contributed by atoms with Crippen molar-refractivity contribution < 1.29 is 0 Å². The maximum Gasteiger partial charge on any atom is 0.0932 e. The topological polar surface area (TPSA) is 3.24 Å². The molecule has 0 fully saturated rings. The Bertz CT molecular complexity index is 166. The Morgan fingerprint density at radius 2 is 1.93 bits per heavy atom. The number of unbranched alkanes of at least 4 members (excludes halogenated alkanes) is 1. The Balaban J connectivity index is 4.30. The maximum absolute atomic E-state index is 4.26. The van der Waals surface area contributed by atoms with Gasteiger partial charge in [-0.25, -0.2) is 0 Å². The molecule has 0 aromatic heterocycles. The van der Waals surface area contributed by atoms with Gasteiger partial charge < -0.3 is 4.90 Å². The number of hydrogen-bond donors (Lipinski definition) is 0. The molecule has 0 saturated carbocycles. The van der Waals surface area contributed by atoms with Crippen LogP contribution in [0.5, 0.6) is 0 Å². The second kappa shape index (κ2) is 7.10. The molecule has 0 radical (unpaired) electrons. The Labute approximate surface area is 91.8 Å². The summed E-state index contributed by atoms with van der Waals surface area (Å²) in [6.07, 6.45) is 4.02. The molecule has 2 atom stereocenters. The molecule has 0 aliphatic heterocycles. The van der Waals surface area contributed by atoms with E-state index < -0.39 is 8.80 Å². The Morgan fingerprint density at radius 1 is 1.36 bits per heavy atom. The fraction of sp³-hybridized carbons (Fsp3) is 0.833. The lowest BCUT2D eigenvalue weighted by molar-refractivity contribution is 0.539. The first-order valence-electron chi connectivity index (χ1n) is 5.90. The van der Waals surface area contributed by atoms with Crippen LogP contribution in [0.15, 0.2) is 11.9 Å². The second-order valence-corrected chi connectivity index (χ2v) is 8.11. The van der Waals surface area contributed by atoms with Crippen molar-refractivity contribution >= 4 is 8.80 Å². The van der Waals surface area contributed by atoms with Gasteiger partial charge in [-0.2, -0.15) is 0 Å². The molecule has 84 valence electrons. The van der Waals surface area contributed by atoms with Crippen LogP contribution in [0.25, 0.3) is 0 Å². The molecular weight excluding hydrogens is 186 g/mol. The van der Waals surface area contributed by atoms with E-state index >= 15 is 0 Å². The molecule has 2 unspecified atom stereocenters. The summed E-state index contributed by atoms with van der Waals surface area (Å²) < 4.78 is 0. The zero-order valence-corrected chi connectivity index (χ0v) is 11.8. The molecule has 0 spiro atoms. The van der Waals surface area contributed by atoms with E-state index in [4.69, 9.17) is 0 Å². The van der Waals surface area contributed by atoms with Gasteiger partial charge in [0, 0.05) is 14.1 Å². The number of nitrogens with zero attached hydrogens (tertiary/aromatic N) is 1.